The summed E-state index contributed by atoms with van der Waals surface area (Å²) in [7, 11) is 0. The predicted molar refractivity (Wildman–Crippen MR) is 131 cm³/mol. The first-order valence-electron chi connectivity index (χ1n) is 10.4. The molecule has 0 saturated heterocycles. The summed E-state index contributed by atoms with van der Waals surface area (Å²) in [5, 5.41) is 9.61. The summed E-state index contributed by atoms with van der Waals surface area (Å²) in [6, 6.07) is 32.6. The Morgan fingerprint density at radius 2 is 1.56 bits per heavy atom. The largest absolute Gasteiger partial charge is 0.489 e. The van der Waals surface area contributed by atoms with Crippen molar-refractivity contribution < 1.29 is 4.74 Å². The van der Waals surface area contributed by atoms with Crippen LogP contribution in [-0.4, -0.2) is 14.9 Å². The summed E-state index contributed by atoms with van der Waals surface area (Å²) < 4.78 is 8.57. The highest BCUT2D eigenvalue weighted by Gasteiger charge is 2.12. The number of aromatic nitrogens is 3. The van der Waals surface area contributed by atoms with Crippen molar-refractivity contribution in [2.45, 2.75) is 13.2 Å². The van der Waals surface area contributed by atoms with E-state index >= 15 is 0 Å². The maximum atomic E-state index is 6.25. The third kappa shape index (κ3) is 4.13. The van der Waals surface area contributed by atoms with Crippen LogP contribution in [0.3, 0.4) is 0 Å². The number of ether oxygens (including phenoxy) is 1. The molecule has 0 aliphatic carbocycles. The summed E-state index contributed by atoms with van der Waals surface area (Å²) in [6.45, 7) is 1.03. The second-order valence-electron chi connectivity index (χ2n) is 7.43. The van der Waals surface area contributed by atoms with Crippen molar-refractivity contribution in [2.24, 2.45) is 0 Å². The van der Waals surface area contributed by atoms with Crippen LogP contribution < -0.4 is 10.2 Å². The third-order valence-corrected chi connectivity index (χ3v) is 5.63. The van der Waals surface area contributed by atoms with Crippen LogP contribution in [-0.2, 0) is 13.2 Å². The molecule has 4 aromatic carbocycles. The van der Waals surface area contributed by atoms with E-state index in [1.54, 1.807) is 0 Å². The second-order valence-corrected chi connectivity index (χ2v) is 7.81. The molecule has 0 spiro atoms. The van der Waals surface area contributed by atoms with E-state index < -0.39 is 0 Å². The van der Waals surface area contributed by atoms with Crippen molar-refractivity contribution in [1.29, 1.82) is 0 Å². The maximum absolute atomic E-state index is 6.25. The van der Waals surface area contributed by atoms with Crippen LogP contribution in [0, 0.1) is 4.77 Å². The molecule has 0 radical (unpaired) electrons. The van der Waals surface area contributed by atoms with Crippen molar-refractivity contribution in [1.82, 2.24) is 14.9 Å². The van der Waals surface area contributed by atoms with Gasteiger partial charge in [-0.15, -0.1) is 0 Å². The Morgan fingerprint density at radius 3 is 2.38 bits per heavy atom. The lowest BCUT2D eigenvalue weighted by molar-refractivity contribution is 0.303. The zero-order valence-electron chi connectivity index (χ0n) is 17.4. The Kier molecular flexibility index (Phi) is 5.68. The lowest BCUT2D eigenvalue weighted by Crippen LogP contribution is -2.17. The smallest absolute Gasteiger partial charge is 0.214 e. The van der Waals surface area contributed by atoms with Crippen LogP contribution in [0.4, 0.5) is 0 Å². The molecule has 6 heteroatoms. The van der Waals surface area contributed by atoms with E-state index in [-0.39, 0.29) is 0 Å². The fourth-order valence-electron chi connectivity index (χ4n) is 3.75. The summed E-state index contributed by atoms with van der Waals surface area (Å²) >= 11 is 5.48. The topological polar surface area (TPSA) is 54.9 Å². The summed E-state index contributed by atoms with van der Waals surface area (Å²) in [4.78, 5) is 0. The van der Waals surface area contributed by atoms with Crippen LogP contribution in [0.1, 0.15) is 11.1 Å². The molecule has 0 bridgehead atoms. The monoisotopic (exact) mass is 438 g/mol. The van der Waals surface area contributed by atoms with Gasteiger partial charge in [-0.05, 0) is 34.6 Å². The lowest BCUT2D eigenvalue weighted by atomic mass is 10.0. The number of rotatable bonds is 7. The Labute approximate surface area is 191 Å². The quantitative estimate of drug-likeness (QED) is 0.302. The van der Waals surface area contributed by atoms with Crippen molar-refractivity contribution in [3.8, 4) is 17.1 Å². The number of hydrogen-bond donors (Lipinski definition) is 2. The highest BCUT2D eigenvalue weighted by Crippen LogP contribution is 2.29. The minimum atomic E-state index is 0.507. The zero-order chi connectivity index (χ0) is 21.8. The fourth-order valence-corrected chi connectivity index (χ4v) is 3.95. The molecule has 0 unspecified atom stereocenters. The first-order valence-corrected chi connectivity index (χ1v) is 10.8. The molecule has 0 fully saturated rings. The minimum absolute atomic E-state index is 0.507. The van der Waals surface area contributed by atoms with Crippen LogP contribution in [0.15, 0.2) is 97.1 Å². The van der Waals surface area contributed by atoms with E-state index in [2.05, 4.69) is 46.0 Å². The van der Waals surface area contributed by atoms with Gasteiger partial charge in [-0.1, -0.05) is 91.0 Å². The second kappa shape index (κ2) is 9.08. The molecule has 5 rings (SSSR count). The van der Waals surface area contributed by atoms with Gasteiger partial charge in [0.25, 0.3) is 0 Å². The highest BCUT2D eigenvalue weighted by molar-refractivity contribution is 7.71. The molecule has 158 valence electrons. The number of benzene rings is 4. The molecular formula is C26H22N4OS. The number of nitrogens with zero attached hydrogens (tertiary/aromatic N) is 2. The molecule has 2 N–H and O–H groups in total. The lowest BCUT2D eigenvalue weighted by Gasteiger charge is -2.17. The van der Waals surface area contributed by atoms with Crippen LogP contribution in [0.5, 0.6) is 5.75 Å². The van der Waals surface area contributed by atoms with Crippen LogP contribution in [0.25, 0.3) is 22.2 Å². The van der Waals surface area contributed by atoms with Gasteiger partial charge in [0, 0.05) is 11.1 Å². The first-order chi connectivity index (χ1) is 15.8. The van der Waals surface area contributed by atoms with Gasteiger partial charge < -0.3 is 10.2 Å². The van der Waals surface area contributed by atoms with Gasteiger partial charge in [-0.25, -0.2) is 9.77 Å². The zero-order valence-corrected chi connectivity index (χ0v) is 18.2. The van der Waals surface area contributed by atoms with E-state index in [1.165, 1.54) is 0 Å². The predicted octanol–water partition coefficient (Wildman–Crippen LogP) is 6.08. The molecule has 32 heavy (non-hydrogen) atoms. The average molecular weight is 439 g/mol. The Balaban J connectivity index is 1.47. The minimum Gasteiger partial charge on any atom is -0.489 e. The molecule has 0 saturated carbocycles. The van der Waals surface area contributed by atoms with E-state index in [0.29, 0.717) is 17.9 Å². The van der Waals surface area contributed by atoms with Crippen LogP contribution in [0.2, 0.25) is 0 Å². The van der Waals surface area contributed by atoms with Gasteiger partial charge in [0.15, 0.2) is 5.82 Å². The number of H-pyrrole nitrogens is 1. The van der Waals surface area contributed by atoms with Gasteiger partial charge in [0.1, 0.15) is 12.4 Å². The van der Waals surface area contributed by atoms with E-state index in [0.717, 1.165) is 39.0 Å². The number of fused-ring (bicyclic) bond motifs is 1. The van der Waals surface area contributed by atoms with Gasteiger partial charge in [0.05, 0.1) is 6.54 Å². The molecule has 5 nitrogen and oxygen atoms in total. The van der Waals surface area contributed by atoms with Crippen LogP contribution >= 0.6 is 12.2 Å². The first kappa shape index (κ1) is 20.0. The molecule has 1 aromatic heterocycles. The molecular weight excluding hydrogens is 416 g/mol. The third-order valence-electron chi connectivity index (χ3n) is 5.35. The summed E-state index contributed by atoms with van der Waals surface area (Å²) in [5.41, 5.74) is 6.62. The molecule has 0 atom stereocenters. The normalized spacial score (nSPS) is 10.9. The Hall–Kier alpha value is -3.90. The molecule has 1 heterocycles. The summed E-state index contributed by atoms with van der Waals surface area (Å²) in [5.74, 6) is 1.58. The average Bonchev–Trinajstić information content (AvgIpc) is 3.23. The van der Waals surface area contributed by atoms with E-state index in [1.807, 2.05) is 71.4 Å². The molecule has 0 amide bonds. The van der Waals surface area contributed by atoms with Gasteiger partial charge in [-0.2, -0.15) is 5.10 Å². The molecule has 0 aliphatic rings. The van der Waals surface area contributed by atoms with E-state index in [4.69, 9.17) is 17.0 Å². The number of hydrogen-bond acceptors (Lipinski definition) is 4. The van der Waals surface area contributed by atoms with Crippen molar-refractivity contribution in [3.05, 3.63) is 113 Å². The van der Waals surface area contributed by atoms with Gasteiger partial charge in [0.2, 0.25) is 4.77 Å². The SMILES string of the molecule is S=c1[nH]nc(-c2ccccc2)n1NCc1c(OCc2ccccc2)ccc2ccccc12. The Bertz CT molecular complexity index is 1390. The highest BCUT2D eigenvalue weighted by atomic mass is 32.1. The van der Waals surface area contributed by atoms with Gasteiger partial charge >= 0.3 is 0 Å². The van der Waals surface area contributed by atoms with E-state index in [9.17, 15) is 0 Å². The van der Waals surface area contributed by atoms with Crippen molar-refractivity contribution in [3.63, 3.8) is 0 Å². The molecule has 5 aromatic rings. The van der Waals surface area contributed by atoms with Crippen molar-refractivity contribution >= 4 is 23.0 Å². The molecule has 0 aliphatic heterocycles. The standard InChI is InChI=1S/C26H22N4OS/c32-26-29-28-25(21-12-5-2-6-13-21)30(26)27-17-23-22-14-8-7-11-20(22)15-16-24(23)31-18-19-9-3-1-4-10-19/h1-16,27H,17-18H2,(H,29,32). The van der Waals surface area contributed by atoms with Crippen molar-refractivity contribution in [2.75, 3.05) is 5.43 Å². The Morgan fingerprint density at radius 1 is 0.844 bits per heavy atom. The number of aromatic amines is 1. The fraction of sp³-hybridized carbons (Fsp3) is 0.0769. The van der Waals surface area contributed by atoms with Gasteiger partial charge in [-0.3, -0.25) is 0 Å². The number of nitrogens with one attached hydrogen (secondary N) is 2. The summed E-state index contributed by atoms with van der Waals surface area (Å²) in [6.07, 6.45) is 0. The maximum Gasteiger partial charge on any atom is 0.214 e.